The van der Waals surface area contributed by atoms with E-state index in [2.05, 4.69) is 13.8 Å². The summed E-state index contributed by atoms with van der Waals surface area (Å²) >= 11 is 0. The summed E-state index contributed by atoms with van der Waals surface area (Å²) in [5, 5.41) is 0. The summed E-state index contributed by atoms with van der Waals surface area (Å²) in [6.45, 7) is 4.25. The van der Waals surface area contributed by atoms with E-state index >= 15 is 0 Å². The van der Waals surface area contributed by atoms with Crippen molar-refractivity contribution in [2.24, 2.45) is 0 Å². The molecular formula is C4H14. The maximum absolute atomic E-state index is 2.12. The first kappa shape index (κ1) is 9.00. The summed E-state index contributed by atoms with van der Waals surface area (Å²) in [4.78, 5) is 0. The second kappa shape index (κ2) is 12.0. The Morgan fingerprint density at radius 3 is 1.50 bits per heavy atom. The van der Waals surface area contributed by atoms with E-state index in [9.17, 15) is 0 Å². The minimum Gasteiger partial charge on any atom is -0.0776 e. The van der Waals surface area contributed by atoms with E-state index in [-0.39, 0.29) is 8.85 Å². The summed E-state index contributed by atoms with van der Waals surface area (Å²) in [6, 6.07) is 0. The van der Waals surface area contributed by atoms with Crippen LogP contribution in [0.1, 0.15) is 29.1 Å². The van der Waals surface area contributed by atoms with Crippen LogP contribution in [0.3, 0.4) is 0 Å². The van der Waals surface area contributed by atoms with Crippen molar-refractivity contribution in [2.75, 3.05) is 0 Å². The fourth-order valence-electron chi connectivity index (χ4n) is 0. The predicted molar refractivity (Wildman–Crippen MR) is 24.8 cm³/mol. The van der Waals surface area contributed by atoms with Crippen LogP contribution in [0.25, 0.3) is 0 Å². The van der Waals surface area contributed by atoms with Gasteiger partial charge in [-0.05, 0) is 0 Å². The van der Waals surface area contributed by atoms with Crippen LogP contribution in [0.4, 0.5) is 0 Å². The standard InChI is InChI=1S/C3H8.CH4.H2/c1-3-2;;/h3H2,1-2H3;1H4;1H/i;;1+1. The van der Waals surface area contributed by atoms with E-state index in [4.69, 9.17) is 0 Å². The summed E-state index contributed by atoms with van der Waals surface area (Å²) in [7, 11) is 0. The molecule has 0 fully saturated rings. The second-order valence-electron chi connectivity index (χ2n) is 0.707. The monoisotopic (exact) mass is 63.1 g/mol. The molecule has 0 aliphatic heterocycles. The van der Waals surface area contributed by atoms with Crippen LogP contribution in [0.15, 0.2) is 0 Å². The highest BCUT2D eigenvalue weighted by Crippen LogP contribution is 1.56. The van der Waals surface area contributed by atoms with Crippen LogP contribution in [0.2, 0.25) is 0 Å². The molecule has 0 saturated carbocycles. The molecule has 0 saturated heterocycles. The largest absolute Gasteiger partial charge is 0.0776 e. The number of rotatable bonds is 0. The fraction of sp³-hybridized carbons (Fsp3) is 1.00. The maximum atomic E-state index is 2.12. The molecule has 0 heterocycles. The van der Waals surface area contributed by atoms with Gasteiger partial charge in [0.2, 0.25) is 0 Å². The van der Waals surface area contributed by atoms with Crippen LogP contribution in [-0.4, -0.2) is 0 Å². The minimum absolute atomic E-state index is 0. The van der Waals surface area contributed by atoms with Gasteiger partial charge in [0, 0.05) is 1.43 Å². The zero-order valence-electron chi connectivity index (χ0n) is 2.71. The molecule has 0 rings (SSSR count). The van der Waals surface area contributed by atoms with Crippen LogP contribution in [0.5, 0.6) is 0 Å². The van der Waals surface area contributed by atoms with Crippen molar-refractivity contribution in [3.63, 3.8) is 0 Å². The predicted octanol–water partition coefficient (Wildman–Crippen LogP) is 2.30. The van der Waals surface area contributed by atoms with Gasteiger partial charge in [-0.15, -0.1) is 0 Å². The van der Waals surface area contributed by atoms with Crippen molar-refractivity contribution in [2.45, 2.75) is 27.7 Å². The van der Waals surface area contributed by atoms with Crippen LogP contribution >= 0.6 is 0 Å². The molecule has 0 nitrogen and oxygen atoms in total. The molecule has 30 valence electrons. The molecule has 0 spiro atoms. The van der Waals surface area contributed by atoms with E-state index in [1.807, 2.05) is 0 Å². The Hall–Kier alpha value is 0. The van der Waals surface area contributed by atoms with Gasteiger partial charge in [0.25, 0.3) is 0 Å². The first-order valence-corrected chi connectivity index (χ1v) is 1.41. The quantitative estimate of drug-likeness (QED) is 0.404. The van der Waals surface area contributed by atoms with Crippen molar-refractivity contribution in [1.82, 2.24) is 0 Å². The summed E-state index contributed by atoms with van der Waals surface area (Å²) < 4.78 is 0. The van der Waals surface area contributed by atoms with E-state index < -0.39 is 0 Å². The molecule has 0 aromatic heterocycles. The SMILES string of the molecule is C.CCC.[2HH]. The highest BCUT2D eigenvalue weighted by atomic mass is 13.4. The Morgan fingerprint density at radius 2 is 1.50 bits per heavy atom. The lowest BCUT2D eigenvalue weighted by atomic mass is 10.6. The summed E-state index contributed by atoms with van der Waals surface area (Å²) in [5.74, 6) is 0. The molecule has 0 aromatic carbocycles. The fourth-order valence-corrected chi connectivity index (χ4v) is 0. The molecule has 0 radical (unpaired) electrons. The minimum atomic E-state index is 0. The third-order valence-corrected chi connectivity index (χ3v) is 0. The molecule has 0 amide bonds. The van der Waals surface area contributed by atoms with Crippen molar-refractivity contribution < 1.29 is 1.43 Å². The Bertz CT molecular complexity index is 3.61. The lowest BCUT2D eigenvalue weighted by molar-refractivity contribution is 1.09. The third kappa shape index (κ3) is 0. The lowest BCUT2D eigenvalue weighted by Gasteiger charge is -1.48. The molecule has 0 aliphatic rings. The Kier molecular flexibility index (Phi) is 27.0. The topological polar surface area (TPSA) is 0 Å². The molecular weight excluding hydrogens is 48.0 g/mol. The van der Waals surface area contributed by atoms with Gasteiger partial charge in [-0.25, -0.2) is 0 Å². The molecule has 0 bridgehead atoms. The second-order valence-corrected chi connectivity index (χ2v) is 0.707. The molecule has 0 aliphatic carbocycles. The Balaban J connectivity index is -0.0000000200. The Labute approximate surface area is 30.3 Å². The van der Waals surface area contributed by atoms with E-state index in [0.29, 0.717) is 0 Å². The van der Waals surface area contributed by atoms with Crippen molar-refractivity contribution in [3.05, 3.63) is 0 Å². The summed E-state index contributed by atoms with van der Waals surface area (Å²) in [5.41, 5.74) is 0. The van der Waals surface area contributed by atoms with Gasteiger partial charge in [-0.2, -0.15) is 0 Å². The average Bonchev–Trinajstić information content (AvgIpc) is 0.918. The highest BCUT2D eigenvalue weighted by Gasteiger charge is 1.35. The van der Waals surface area contributed by atoms with Gasteiger partial charge in [0.15, 0.2) is 0 Å². The molecule has 0 atom stereocenters. The highest BCUT2D eigenvalue weighted by molar-refractivity contribution is 3.92. The van der Waals surface area contributed by atoms with Gasteiger partial charge in [0.05, 0.1) is 0 Å². The molecule has 0 N–H and O–H groups in total. The molecule has 0 heteroatoms. The van der Waals surface area contributed by atoms with Crippen LogP contribution in [-0.2, 0) is 0 Å². The van der Waals surface area contributed by atoms with Gasteiger partial charge in [0.1, 0.15) is 0 Å². The van der Waals surface area contributed by atoms with Gasteiger partial charge in [-0.3, -0.25) is 0 Å². The van der Waals surface area contributed by atoms with Crippen LogP contribution in [0, 0.1) is 0 Å². The summed E-state index contributed by atoms with van der Waals surface area (Å²) in [6.07, 6.45) is 1.25. The molecule has 0 aromatic rings. The molecule has 0 unspecified atom stereocenters. The van der Waals surface area contributed by atoms with E-state index in [1.54, 1.807) is 0 Å². The third-order valence-electron chi connectivity index (χ3n) is 0. The van der Waals surface area contributed by atoms with E-state index in [0.717, 1.165) is 0 Å². The van der Waals surface area contributed by atoms with Gasteiger partial charge >= 0.3 is 0 Å². The zero-order chi connectivity index (χ0) is 2.71. The van der Waals surface area contributed by atoms with E-state index in [1.165, 1.54) is 6.42 Å². The average molecular weight is 63.2 g/mol. The molecule has 4 heavy (non-hydrogen) atoms. The number of hydrogen-bond acceptors (Lipinski definition) is 0. The first-order chi connectivity index (χ1) is 1.41. The van der Waals surface area contributed by atoms with Crippen molar-refractivity contribution in [1.29, 1.82) is 0 Å². The first-order valence-electron chi connectivity index (χ1n) is 1.41. The van der Waals surface area contributed by atoms with Gasteiger partial charge < -0.3 is 0 Å². The zero-order valence-corrected chi connectivity index (χ0v) is 2.71. The maximum Gasteiger partial charge on any atom is 0 e. The lowest BCUT2D eigenvalue weighted by Crippen LogP contribution is -1.27. The van der Waals surface area contributed by atoms with Crippen LogP contribution < -0.4 is 0 Å². The normalized spacial score (nSPS) is 4.50. The number of hydrogen-bond donors (Lipinski definition) is 0. The van der Waals surface area contributed by atoms with Crippen molar-refractivity contribution >= 4 is 0 Å². The van der Waals surface area contributed by atoms with Gasteiger partial charge in [-0.1, -0.05) is 27.7 Å². The smallest absolute Gasteiger partial charge is 0 e. The van der Waals surface area contributed by atoms with Crippen molar-refractivity contribution in [3.8, 4) is 0 Å². The Morgan fingerprint density at radius 1 is 1.50 bits per heavy atom.